The molecule has 1 fully saturated rings. The van der Waals surface area contributed by atoms with Crippen molar-refractivity contribution in [3.05, 3.63) is 29.8 Å². The first-order valence-corrected chi connectivity index (χ1v) is 10.7. The first-order valence-electron chi connectivity index (χ1n) is 10.7. The number of hydrogen-bond acceptors (Lipinski definition) is 4. The Labute approximate surface area is 173 Å². The van der Waals surface area contributed by atoms with Gasteiger partial charge in [0, 0.05) is 13.0 Å². The molecule has 1 heterocycles. The molecule has 0 radical (unpaired) electrons. The normalized spacial score (nSPS) is 18.4. The highest BCUT2D eigenvalue weighted by atomic mass is 16.5. The number of aliphatic carboxylic acids is 1. The van der Waals surface area contributed by atoms with Crippen molar-refractivity contribution in [2.24, 2.45) is 4.99 Å². The van der Waals surface area contributed by atoms with Gasteiger partial charge >= 0.3 is 5.97 Å². The van der Waals surface area contributed by atoms with E-state index in [1.165, 1.54) is 13.8 Å². The minimum atomic E-state index is -1.29. The number of hydrogen-bond donors (Lipinski definition) is 1. The molecule has 2 aliphatic rings. The number of rotatable bonds is 9. The average molecular weight is 401 g/mol. The lowest BCUT2D eigenvalue weighted by Gasteiger charge is -2.23. The Bertz CT molecular complexity index is 794. The van der Waals surface area contributed by atoms with Crippen LogP contribution >= 0.6 is 0 Å². The molecule has 0 atom stereocenters. The number of amides is 1. The third kappa shape index (κ3) is 4.62. The fourth-order valence-electron chi connectivity index (χ4n) is 4.11. The highest BCUT2D eigenvalue weighted by Crippen LogP contribution is 2.39. The van der Waals surface area contributed by atoms with E-state index in [1.54, 1.807) is 6.07 Å². The summed E-state index contributed by atoms with van der Waals surface area (Å²) < 4.78 is 5.64. The van der Waals surface area contributed by atoms with Crippen LogP contribution in [0.4, 0.5) is 0 Å². The Morgan fingerprint density at radius 1 is 1.28 bits per heavy atom. The highest BCUT2D eigenvalue weighted by molar-refractivity contribution is 6.08. The number of unbranched alkanes of at least 4 members (excludes halogenated alkanes) is 1. The summed E-state index contributed by atoms with van der Waals surface area (Å²) in [6, 6.07) is 7.46. The van der Waals surface area contributed by atoms with E-state index in [2.05, 4.69) is 6.92 Å². The first-order chi connectivity index (χ1) is 13.8. The maximum Gasteiger partial charge on any atom is 0.347 e. The zero-order valence-corrected chi connectivity index (χ0v) is 17.7. The van der Waals surface area contributed by atoms with Crippen LogP contribution < -0.4 is 4.74 Å². The third-order valence-electron chi connectivity index (χ3n) is 5.89. The minimum absolute atomic E-state index is 0.167. The first kappa shape index (κ1) is 21.3. The van der Waals surface area contributed by atoms with Crippen LogP contribution in [0.5, 0.6) is 5.75 Å². The van der Waals surface area contributed by atoms with Crippen molar-refractivity contribution >= 4 is 17.7 Å². The SMILES string of the molecule is CCCCC1=NC2(CCCC2)C(=O)N1CCc1cccc(OC(C)(C)C(=O)O)c1. The number of carboxylic acids is 1. The molecular weight excluding hydrogens is 368 g/mol. The summed E-state index contributed by atoms with van der Waals surface area (Å²) in [4.78, 5) is 31.3. The van der Waals surface area contributed by atoms with Gasteiger partial charge in [-0.15, -0.1) is 0 Å². The van der Waals surface area contributed by atoms with Crippen molar-refractivity contribution in [3.63, 3.8) is 0 Å². The summed E-state index contributed by atoms with van der Waals surface area (Å²) in [6.45, 7) is 5.80. The molecule has 6 nitrogen and oxygen atoms in total. The van der Waals surface area contributed by atoms with Crippen LogP contribution in [0.2, 0.25) is 0 Å². The molecule has 1 spiro atoms. The fourth-order valence-corrected chi connectivity index (χ4v) is 4.11. The van der Waals surface area contributed by atoms with E-state index in [4.69, 9.17) is 9.73 Å². The average Bonchev–Trinajstić information content (AvgIpc) is 3.24. The van der Waals surface area contributed by atoms with Crippen molar-refractivity contribution in [2.45, 2.75) is 83.3 Å². The number of amidine groups is 1. The van der Waals surface area contributed by atoms with E-state index in [1.807, 2.05) is 23.1 Å². The second-order valence-electron chi connectivity index (χ2n) is 8.64. The smallest absolute Gasteiger partial charge is 0.347 e. The maximum absolute atomic E-state index is 13.2. The van der Waals surface area contributed by atoms with Gasteiger partial charge in [-0.2, -0.15) is 0 Å². The Kier molecular flexibility index (Phi) is 6.30. The van der Waals surface area contributed by atoms with Crippen molar-refractivity contribution < 1.29 is 19.4 Å². The van der Waals surface area contributed by atoms with Gasteiger partial charge < -0.3 is 9.84 Å². The van der Waals surface area contributed by atoms with E-state index in [0.717, 1.165) is 56.3 Å². The molecule has 1 aromatic rings. The van der Waals surface area contributed by atoms with Gasteiger partial charge in [0.15, 0.2) is 5.60 Å². The number of ether oxygens (including phenoxy) is 1. The summed E-state index contributed by atoms with van der Waals surface area (Å²) >= 11 is 0. The second kappa shape index (κ2) is 8.56. The molecular formula is C23H32N2O4. The molecule has 1 aliphatic carbocycles. The monoisotopic (exact) mass is 400 g/mol. The molecule has 1 aromatic carbocycles. The Morgan fingerprint density at radius 2 is 2.00 bits per heavy atom. The van der Waals surface area contributed by atoms with Gasteiger partial charge in [-0.3, -0.25) is 14.7 Å². The standard InChI is InChI=1S/C23H32N2O4/c1-4-5-11-19-24-23(13-6-7-14-23)20(26)25(19)15-12-17-9-8-10-18(16-17)29-22(2,3)21(27)28/h8-10,16H,4-7,11-15H2,1-3H3,(H,27,28). The van der Waals surface area contributed by atoms with Crippen molar-refractivity contribution in [1.82, 2.24) is 4.90 Å². The van der Waals surface area contributed by atoms with Crippen LogP contribution in [0, 0.1) is 0 Å². The lowest BCUT2D eigenvalue weighted by Crippen LogP contribution is -2.42. The van der Waals surface area contributed by atoms with Crippen molar-refractivity contribution in [2.75, 3.05) is 6.54 Å². The number of carbonyl (C=O) groups excluding carboxylic acids is 1. The molecule has 3 rings (SSSR count). The summed E-state index contributed by atoms with van der Waals surface area (Å²) in [7, 11) is 0. The molecule has 1 amide bonds. The molecule has 1 N–H and O–H groups in total. The molecule has 158 valence electrons. The van der Waals surface area contributed by atoms with Gasteiger partial charge in [0.2, 0.25) is 0 Å². The molecule has 1 aliphatic heterocycles. The van der Waals surface area contributed by atoms with Crippen molar-refractivity contribution in [3.8, 4) is 5.75 Å². The number of aliphatic imine (C=N–C) groups is 1. The van der Waals surface area contributed by atoms with E-state index < -0.39 is 17.1 Å². The topological polar surface area (TPSA) is 79.2 Å². The summed E-state index contributed by atoms with van der Waals surface area (Å²) in [5, 5.41) is 9.27. The third-order valence-corrected chi connectivity index (χ3v) is 5.89. The lowest BCUT2D eigenvalue weighted by atomic mass is 9.98. The molecule has 1 saturated carbocycles. The molecule has 0 bridgehead atoms. The van der Waals surface area contributed by atoms with Crippen LogP contribution in [0.25, 0.3) is 0 Å². The minimum Gasteiger partial charge on any atom is -0.478 e. The Morgan fingerprint density at radius 3 is 2.66 bits per heavy atom. The predicted octanol–water partition coefficient (Wildman–Crippen LogP) is 4.21. The predicted molar refractivity (Wildman–Crippen MR) is 112 cm³/mol. The highest BCUT2D eigenvalue weighted by Gasteiger charge is 2.49. The van der Waals surface area contributed by atoms with Gasteiger partial charge in [-0.25, -0.2) is 4.79 Å². The quantitative estimate of drug-likeness (QED) is 0.673. The zero-order chi connectivity index (χ0) is 21.1. The summed E-state index contributed by atoms with van der Waals surface area (Å²) in [6.07, 6.45) is 7.51. The maximum atomic E-state index is 13.2. The number of carboxylic acid groups (broad SMARTS) is 1. The summed E-state index contributed by atoms with van der Waals surface area (Å²) in [5.41, 5.74) is -0.781. The summed E-state index contributed by atoms with van der Waals surface area (Å²) in [5.74, 6) is 0.623. The fraction of sp³-hybridized carbons (Fsp3) is 0.609. The van der Waals surface area contributed by atoms with E-state index >= 15 is 0 Å². The van der Waals surface area contributed by atoms with Gasteiger partial charge in [0.05, 0.1) is 0 Å². The molecule has 6 heteroatoms. The van der Waals surface area contributed by atoms with Crippen LogP contribution in [-0.4, -0.2) is 45.4 Å². The van der Waals surface area contributed by atoms with Gasteiger partial charge in [0.1, 0.15) is 17.1 Å². The molecule has 0 saturated heterocycles. The van der Waals surface area contributed by atoms with E-state index in [-0.39, 0.29) is 5.91 Å². The van der Waals surface area contributed by atoms with Crippen LogP contribution in [0.3, 0.4) is 0 Å². The van der Waals surface area contributed by atoms with E-state index in [0.29, 0.717) is 18.7 Å². The van der Waals surface area contributed by atoms with E-state index in [9.17, 15) is 14.7 Å². The van der Waals surface area contributed by atoms with Crippen LogP contribution in [0.1, 0.15) is 71.3 Å². The van der Waals surface area contributed by atoms with Gasteiger partial charge in [-0.1, -0.05) is 38.3 Å². The Balaban J connectivity index is 1.70. The van der Waals surface area contributed by atoms with Crippen molar-refractivity contribution in [1.29, 1.82) is 0 Å². The largest absolute Gasteiger partial charge is 0.478 e. The van der Waals surface area contributed by atoms with Crippen LogP contribution in [-0.2, 0) is 16.0 Å². The van der Waals surface area contributed by atoms with Gasteiger partial charge in [0.25, 0.3) is 5.91 Å². The van der Waals surface area contributed by atoms with Gasteiger partial charge in [-0.05, 0) is 57.2 Å². The number of benzene rings is 1. The number of nitrogens with zero attached hydrogens (tertiary/aromatic N) is 2. The zero-order valence-electron chi connectivity index (χ0n) is 17.7. The lowest BCUT2D eigenvalue weighted by molar-refractivity contribution is -0.152. The second-order valence-corrected chi connectivity index (χ2v) is 8.64. The molecule has 0 aromatic heterocycles. The number of carbonyl (C=O) groups is 2. The molecule has 0 unspecified atom stereocenters. The molecule has 29 heavy (non-hydrogen) atoms. The Hall–Kier alpha value is -2.37. The van der Waals surface area contributed by atoms with Crippen LogP contribution in [0.15, 0.2) is 29.3 Å².